The molecule has 0 aliphatic carbocycles. The van der Waals surface area contributed by atoms with E-state index < -0.39 is 33.7 Å². The Balaban J connectivity index is 1.92. The Hall–Kier alpha value is -2.45. The third-order valence-corrected chi connectivity index (χ3v) is 5.48. The average molecular weight is 406 g/mol. The van der Waals surface area contributed by atoms with Crippen LogP contribution in [0.15, 0.2) is 40.8 Å². The molecular weight excluding hydrogens is 386 g/mol. The number of para-hydroxylation sites is 1. The lowest BCUT2D eigenvalue weighted by Crippen LogP contribution is -2.28. The minimum Gasteiger partial charge on any atom is -0.591 e. The van der Waals surface area contributed by atoms with Crippen LogP contribution in [0.3, 0.4) is 0 Å². The number of nitrogens with zero attached hydrogens (tertiary/aromatic N) is 1. The Morgan fingerprint density at radius 2 is 1.96 bits per heavy atom. The SMILES string of the molecule is CC(C)(C)[S+]([O-])/N=C1/CCOc2c(C(=O)Nc3ccc(F)c(F)c3)cccc21. The molecule has 0 bridgehead atoms. The summed E-state index contributed by atoms with van der Waals surface area (Å²) in [4.78, 5) is 12.7. The lowest BCUT2D eigenvalue weighted by molar-refractivity contribution is 0.102. The van der Waals surface area contributed by atoms with Gasteiger partial charge < -0.3 is 14.6 Å². The second kappa shape index (κ2) is 7.89. The molecule has 28 heavy (non-hydrogen) atoms. The van der Waals surface area contributed by atoms with Crippen molar-refractivity contribution in [3.8, 4) is 5.75 Å². The van der Waals surface area contributed by atoms with Gasteiger partial charge >= 0.3 is 0 Å². The van der Waals surface area contributed by atoms with Crippen molar-refractivity contribution in [1.82, 2.24) is 0 Å². The van der Waals surface area contributed by atoms with Crippen molar-refractivity contribution in [2.24, 2.45) is 4.40 Å². The number of anilines is 1. The Kier molecular flexibility index (Phi) is 5.71. The number of halogens is 2. The highest BCUT2D eigenvalue weighted by Crippen LogP contribution is 2.31. The summed E-state index contributed by atoms with van der Waals surface area (Å²) in [5.41, 5.74) is 1.56. The van der Waals surface area contributed by atoms with Gasteiger partial charge in [-0.3, -0.25) is 4.79 Å². The van der Waals surface area contributed by atoms with Crippen LogP contribution in [0.5, 0.6) is 5.75 Å². The molecule has 0 saturated carbocycles. The maximum atomic E-state index is 13.4. The lowest BCUT2D eigenvalue weighted by atomic mass is 10.00. The molecule has 2 aromatic carbocycles. The van der Waals surface area contributed by atoms with Gasteiger partial charge in [0.25, 0.3) is 5.91 Å². The summed E-state index contributed by atoms with van der Waals surface area (Å²) in [6, 6.07) is 8.10. The number of rotatable bonds is 3. The fourth-order valence-corrected chi connectivity index (χ4v) is 3.25. The molecule has 1 aliphatic heterocycles. The monoisotopic (exact) mass is 406 g/mol. The Morgan fingerprint density at radius 3 is 2.64 bits per heavy atom. The van der Waals surface area contributed by atoms with Crippen LogP contribution in [-0.4, -0.2) is 27.5 Å². The summed E-state index contributed by atoms with van der Waals surface area (Å²) in [6.45, 7) is 5.79. The Bertz CT molecular complexity index is 942. The molecule has 0 radical (unpaired) electrons. The van der Waals surface area contributed by atoms with Gasteiger partial charge in [0.2, 0.25) is 0 Å². The maximum Gasteiger partial charge on any atom is 0.259 e. The molecule has 2 aromatic rings. The molecule has 1 atom stereocenters. The van der Waals surface area contributed by atoms with E-state index in [0.29, 0.717) is 30.1 Å². The fourth-order valence-electron chi connectivity index (χ4n) is 2.59. The largest absolute Gasteiger partial charge is 0.591 e. The zero-order valence-corrected chi connectivity index (χ0v) is 16.5. The van der Waals surface area contributed by atoms with Gasteiger partial charge in [0, 0.05) is 23.7 Å². The van der Waals surface area contributed by atoms with E-state index in [4.69, 9.17) is 4.74 Å². The second-order valence-corrected chi connectivity index (χ2v) is 9.17. The molecule has 1 unspecified atom stereocenters. The normalized spacial score (nSPS) is 16.3. The number of ether oxygens (including phenoxy) is 1. The number of benzene rings is 2. The predicted molar refractivity (Wildman–Crippen MR) is 105 cm³/mol. The topological polar surface area (TPSA) is 73.8 Å². The molecule has 5 nitrogen and oxygen atoms in total. The zero-order chi connectivity index (χ0) is 20.5. The highest BCUT2D eigenvalue weighted by molar-refractivity contribution is 7.91. The maximum absolute atomic E-state index is 13.4. The summed E-state index contributed by atoms with van der Waals surface area (Å²) < 4.78 is 48.4. The summed E-state index contributed by atoms with van der Waals surface area (Å²) in [6.07, 6.45) is 0.475. The van der Waals surface area contributed by atoms with Crippen molar-refractivity contribution in [2.75, 3.05) is 11.9 Å². The molecule has 0 saturated heterocycles. The number of amides is 1. The van der Waals surface area contributed by atoms with Gasteiger partial charge in [-0.05, 0) is 45.0 Å². The summed E-state index contributed by atoms with van der Waals surface area (Å²) in [7, 11) is 0. The standard InChI is InChI=1S/C20H20F2N2O3S/c1-20(2,3)28(26)24-17-9-10-27-18-13(17)5-4-6-14(18)19(25)23-12-7-8-15(21)16(22)11-12/h4-8,11H,9-10H2,1-3H3,(H,23,25)/b24-17-. The molecule has 8 heteroatoms. The van der Waals surface area contributed by atoms with Crippen LogP contribution in [0, 0.1) is 11.6 Å². The number of fused-ring (bicyclic) bond motifs is 1. The Labute approximate surface area is 165 Å². The molecule has 1 heterocycles. The van der Waals surface area contributed by atoms with Crippen LogP contribution in [0.2, 0.25) is 0 Å². The van der Waals surface area contributed by atoms with E-state index in [9.17, 15) is 18.1 Å². The summed E-state index contributed by atoms with van der Waals surface area (Å²) in [5, 5.41) is 2.53. The van der Waals surface area contributed by atoms with Crippen molar-refractivity contribution in [3.63, 3.8) is 0 Å². The molecule has 1 amide bonds. The highest BCUT2D eigenvalue weighted by atomic mass is 32.2. The quantitative estimate of drug-likeness (QED) is 0.775. The number of carbonyl (C=O) groups is 1. The molecule has 0 spiro atoms. The highest BCUT2D eigenvalue weighted by Gasteiger charge is 2.30. The van der Waals surface area contributed by atoms with Crippen LogP contribution in [0.4, 0.5) is 14.5 Å². The van der Waals surface area contributed by atoms with Crippen LogP contribution >= 0.6 is 0 Å². The van der Waals surface area contributed by atoms with E-state index >= 15 is 0 Å². The first-order valence-corrected chi connectivity index (χ1v) is 9.79. The molecule has 3 rings (SSSR count). The van der Waals surface area contributed by atoms with Crippen molar-refractivity contribution in [3.05, 3.63) is 59.2 Å². The van der Waals surface area contributed by atoms with E-state index in [1.807, 2.05) is 20.8 Å². The van der Waals surface area contributed by atoms with E-state index in [1.54, 1.807) is 18.2 Å². The van der Waals surface area contributed by atoms with Gasteiger partial charge in [0.05, 0.1) is 12.2 Å². The number of carbonyl (C=O) groups excluding carboxylic acids is 1. The van der Waals surface area contributed by atoms with Gasteiger partial charge in [-0.25, -0.2) is 8.78 Å². The number of nitrogens with one attached hydrogen (secondary N) is 1. The average Bonchev–Trinajstić information content (AvgIpc) is 2.63. The summed E-state index contributed by atoms with van der Waals surface area (Å²) in [5.74, 6) is -2.24. The lowest BCUT2D eigenvalue weighted by Gasteiger charge is -2.23. The van der Waals surface area contributed by atoms with Gasteiger partial charge in [-0.1, -0.05) is 10.5 Å². The van der Waals surface area contributed by atoms with Gasteiger partial charge in [0.15, 0.2) is 11.6 Å². The number of hydrogen-bond donors (Lipinski definition) is 1. The van der Waals surface area contributed by atoms with Crippen LogP contribution in [-0.2, 0) is 11.4 Å². The van der Waals surface area contributed by atoms with Crippen LogP contribution in [0.25, 0.3) is 0 Å². The molecule has 0 fully saturated rings. The molecule has 148 valence electrons. The minimum atomic E-state index is -1.44. The van der Waals surface area contributed by atoms with Gasteiger partial charge in [-0.15, -0.1) is 0 Å². The van der Waals surface area contributed by atoms with Crippen molar-refractivity contribution in [2.45, 2.75) is 31.9 Å². The van der Waals surface area contributed by atoms with Crippen molar-refractivity contribution >= 4 is 28.7 Å². The number of hydrogen-bond acceptors (Lipinski definition) is 4. The van der Waals surface area contributed by atoms with Crippen molar-refractivity contribution < 1.29 is 22.9 Å². The summed E-state index contributed by atoms with van der Waals surface area (Å²) >= 11 is -1.44. The smallest absolute Gasteiger partial charge is 0.259 e. The first-order valence-electron chi connectivity index (χ1n) is 8.69. The molecule has 1 aliphatic rings. The first-order chi connectivity index (χ1) is 13.2. The predicted octanol–water partition coefficient (Wildman–Crippen LogP) is 4.25. The van der Waals surface area contributed by atoms with Crippen molar-refractivity contribution in [1.29, 1.82) is 0 Å². The minimum absolute atomic E-state index is 0.125. The fraction of sp³-hybridized carbons (Fsp3) is 0.300. The first kappa shape index (κ1) is 20.3. The molecular formula is C20H20F2N2O3S. The van der Waals surface area contributed by atoms with Gasteiger partial charge in [-0.2, -0.15) is 0 Å². The van der Waals surface area contributed by atoms with E-state index in [0.717, 1.165) is 12.1 Å². The van der Waals surface area contributed by atoms with E-state index in [-0.39, 0.29) is 11.3 Å². The third-order valence-electron chi connectivity index (χ3n) is 4.05. The second-order valence-electron chi connectivity index (χ2n) is 7.26. The van der Waals surface area contributed by atoms with E-state index in [1.165, 1.54) is 6.07 Å². The third kappa shape index (κ3) is 4.34. The molecule has 0 aromatic heterocycles. The zero-order valence-electron chi connectivity index (χ0n) is 15.7. The van der Waals surface area contributed by atoms with Crippen LogP contribution in [0.1, 0.15) is 43.1 Å². The van der Waals surface area contributed by atoms with E-state index in [2.05, 4.69) is 9.71 Å². The Morgan fingerprint density at radius 1 is 1.21 bits per heavy atom. The van der Waals surface area contributed by atoms with Gasteiger partial charge in [0.1, 0.15) is 27.6 Å². The van der Waals surface area contributed by atoms with Crippen LogP contribution < -0.4 is 10.1 Å². The molecule has 1 N–H and O–H groups in total.